The van der Waals surface area contributed by atoms with E-state index in [0.717, 1.165) is 33.3 Å². The number of fused-ring (bicyclic) bond motifs is 1. The number of nitrogens with one attached hydrogen (secondary N) is 1. The highest BCUT2D eigenvalue weighted by molar-refractivity contribution is 6.02. The van der Waals surface area contributed by atoms with Crippen LogP contribution >= 0.6 is 0 Å². The summed E-state index contributed by atoms with van der Waals surface area (Å²) in [4.78, 5) is 17.0. The zero-order chi connectivity index (χ0) is 22.6. The lowest BCUT2D eigenvalue weighted by atomic mass is 9.69. The van der Waals surface area contributed by atoms with E-state index in [2.05, 4.69) is 49.2 Å². The SMILES string of the molecule is Cc1ccc(-c2[nH]c3ccccc3c2C2C(C#N)=C(N)OC3=C2C(=O)CC(C)(C)C3)cc1. The summed E-state index contributed by atoms with van der Waals surface area (Å²) in [6.07, 6.45) is 1.01. The molecule has 1 aromatic heterocycles. The molecule has 2 aromatic carbocycles. The van der Waals surface area contributed by atoms with Crippen LogP contribution in [-0.4, -0.2) is 10.8 Å². The maximum Gasteiger partial charge on any atom is 0.205 e. The monoisotopic (exact) mass is 423 g/mol. The van der Waals surface area contributed by atoms with Gasteiger partial charge >= 0.3 is 0 Å². The smallest absolute Gasteiger partial charge is 0.205 e. The van der Waals surface area contributed by atoms with Crippen LogP contribution in [0.3, 0.4) is 0 Å². The molecular formula is C27H25N3O2. The first kappa shape index (κ1) is 20.1. The molecular weight excluding hydrogens is 398 g/mol. The molecule has 0 saturated carbocycles. The minimum atomic E-state index is -0.570. The highest BCUT2D eigenvalue weighted by atomic mass is 16.5. The number of aryl methyl sites for hydroxylation is 1. The molecule has 0 fully saturated rings. The van der Waals surface area contributed by atoms with Crippen LogP contribution < -0.4 is 5.73 Å². The van der Waals surface area contributed by atoms with Gasteiger partial charge in [-0.15, -0.1) is 0 Å². The second-order valence-corrected chi connectivity index (χ2v) is 9.53. The van der Waals surface area contributed by atoms with E-state index >= 15 is 0 Å². The van der Waals surface area contributed by atoms with Crippen molar-refractivity contribution in [2.45, 2.75) is 39.5 Å². The molecule has 1 aliphatic carbocycles. The van der Waals surface area contributed by atoms with Crippen LogP contribution in [0.2, 0.25) is 0 Å². The molecule has 3 N–H and O–H groups in total. The van der Waals surface area contributed by atoms with Crippen molar-refractivity contribution in [1.82, 2.24) is 4.98 Å². The summed E-state index contributed by atoms with van der Waals surface area (Å²) in [5, 5.41) is 11.0. The van der Waals surface area contributed by atoms with Crippen molar-refractivity contribution >= 4 is 16.7 Å². The predicted molar refractivity (Wildman–Crippen MR) is 124 cm³/mol. The van der Waals surface area contributed by atoms with Crippen molar-refractivity contribution in [3.8, 4) is 17.3 Å². The molecule has 5 nitrogen and oxygen atoms in total. The summed E-state index contributed by atoms with van der Waals surface area (Å²) < 4.78 is 5.88. The Labute approximate surface area is 187 Å². The van der Waals surface area contributed by atoms with Crippen LogP contribution in [0.1, 0.15) is 43.7 Å². The van der Waals surface area contributed by atoms with Crippen molar-refractivity contribution < 1.29 is 9.53 Å². The number of ketones is 1. The average Bonchev–Trinajstić information content (AvgIpc) is 3.11. The Kier molecular flexibility index (Phi) is 4.49. The largest absolute Gasteiger partial charge is 0.444 e. The van der Waals surface area contributed by atoms with Gasteiger partial charge in [-0.05, 0) is 29.5 Å². The van der Waals surface area contributed by atoms with Crippen molar-refractivity contribution in [3.63, 3.8) is 0 Å². The van der Waals surface area contributed by atoms with Gasteiger partial charge in [0.25, 0.3) is 0 Å². The van der Waals surface area contributed by atoms with Gasteiger partial charge in [0.2, 0.25) is 5.88 Å². The number of nitriles is 1. The fourth-order valence-electron chi connectivity index (χ4n) is 4.98. The molecule has 0 amide bonds. The number of allylic oxidation sites excluding steroid dienone is 3. The Balaban J connectivity index is 1.83. The Morgan fingerprint density at radius 2 is 1.84 bits per heavy atom. The number of aromatic nitrogens is 1. The van der Waals surface area contributed by atoms with E-state index in [1.54, 1.807) is 0 Å². The summed E-state index contributed by atoms with van der Waals surface area (Å²) in [5.74, 6) is 0.121. The van der Waals surface area contributed by atoms with E-state index in [1.807, 2.05) is 31.2 Å². The minimum Gasteiger partial charge on any atom is -0.444 e. The number of hydrogen-bond donors (Lipinski definition) is 2. The van der Waals surface area contributed by atoms with Gasteiger partial charge in [-0.25, -0.2) is 0 Å². The number of Topliss-reactive ketones (excluding diaryl/α,β-unsaturated/α-hetero) is 1. The van der Waals surface area contributed by atoms with Gasteiger partial charge in [-0.2, -0.15) is 5.26 Å². The van der Waals surface area contributed by atoms with Gasteiger partial charge in [-0.3, -0.25) is 4.79 Å². The Morgan fingerprint density at radius 3 is 2.56 bits per heavy atom. The molecule has 1 unspecified atom stereocenters. The Hall–Kier alpha value is -3.78. The highest BCUT2D eigenvalue weighted by Gasteiger charge is 2.44. The normalized spacial score (nSPS) is 20.2. The topological polar surface area (TPSA) is 91.9 Å². The van der Waals surface area contributed by atoms with Crippen LogP contribution in [0.25, 0.3) is 22.2 Å². The third-order valence-corrected chi connectivity index (χ3v) is 6.45. The fraction of sp³-hybridized carbons (Fsp3) is 0.259. The van der Waals surface area contributed by atoms with Gasteiger partial charge in [0.1, 0.15) is 17.4 Å². The number of H-pyrrole nitrogens is 1. The minimum absolute atomic E-state index is 0.0154. The standard InChI is InChI=1S/C27H25N3O2/c1-15-8-10-16(11-9-15)25-23(17-6-4-5-7-19(17)30-25)22-18(14-28)26(29)32-21-13-27(2,3)12-20(31)24(21)22/h4-11,22,30H,12-13,29H2,1-3H3. The molecule has 160 valence electrons. The first-order valence-electron chi connectivity index (χ1n) is 10.8. The number of rotatable bonds is 2. The Morgan fingerprint density at radius 1 is 1.12 bits per heavy atom. The molecule has 2 aliphatic rings. The molecule has 5 rings (SSSR count). The fourth-order valence-corrected chi connectivity index (χ4v) is 4.98. The molecule has 3 aromatic rings. The Bertz CT molecular complexity index is 1360. The maximum absolute atomic E-state index is 13.4. The van der Waals surface area contributed by atoms with Crippen molar-refractivity contribution in [1.29, 1.82) is 5.26 Å². The summed E-state index contributed by atoms with van der Waals surface area (Å²) in [6, 6.07) is 18.5. The lowest BCUT2D eigenvalue weighted by Crippen LogP contribution is -2.33. The number of nitrogens with two attached hydrogens (primary N) is 1. The first-order valence-corrected chi connectivity index (χ1v) is 10.8. The zero-order valence-corrected chi connectivity index (χ0v) is 18.5. The number of aromatic amines is 1. The lowest BCUT2D eigenvalue weighted by molar-refractivity contribution is -0.119. The molecule has 1 aliphatic heterocycles. The summed E-state index contributed by atoms with van der Waals surface area (Å²) in [6.45, 7) is 6.15. The van der Waals surface area contributed by atoms with Crippen LogP contribution in [0, 0.1) is 23.7 Å². The van der Waals surface area contributed by atoms with E-state index in [1.165, 1.54) is 0 Å². The van der Waals surface area contributed by atoms with E-state index in [4.69, 9.17) is 10.5 Å². The third kappa shape index (κ3) is 3.11. The average molecular weight is 424 g/mol. The molecule has 32 heavy (non-hydrogen) atoms. The molecule has 0 saturated heterocycles. The van der Waals surface area contributed by atoms with E-state index < -0.39 is 5.92 Å². The van der Waals surface area contributed by atoms with E-state index in [-0.39, 0.29) is 22.7 Å². The van der Waals surface area contributed by atoms with Crippen LogP contribution in [-0.2, 0) is 9.53 Å². The predicted octanol–water partition coefficient (Wildman–Crippen LogP) is 5.59. The number of hydrogen-bond acceptors (Lipinski definition) is 4. The van der Waals surface area contributed by atoms with Gasteiger partial charge in [0, 0.05) is 29.3 Å². The quantitative estimate of drug-likeness (QED) is 0.562. The molecule has 0 bridgehead atoms. The second kappa shape index (κ2) is 7.13. The number of ether oxygens (including phenoxy) is 1. The zero-order valence-electron chi connectivity index (χ0n) is 18.5. The summed E-state index contributed by atoms with van der Waals surface area (Å²) >= 11 is 0. The number of carbonyl (C=O) groups excluding carboxylic acids is 1. The van der Waals surface area contributed by atoms with Gasteiger partial charge in [-0.1, -0.05) is 61.9 Å². The van der Waals surface area contributed by atoms with Crippen molar-refractivity contribution in [3.05, 3.63) is 82.4 Å². The van der Waals surface area contributed by atoms with Crippen LogP contribution in [0.4, 0.5) is 0 Å². The van der Waals surface area contributed by atoms with Crippen LogP contribution in [0.15, 0.2) is 71.3 Å². The maximum atomic E-state index is 13.4. The van der Waals surface area contributed by atoms with Crippen molar-refractivity contribution in [2.24, 2.45) is 11.1 Å². The lowest BCUT2D eigenvalue weighted by Gasteiger charge is -2.37. The number of nitrogens with zero attached hydrogens (tertiary/aromatic N) is 1. The van der Waals surface area contributed by atoms with E-state index in [9.17, 15) is 10.1 Å². The molecule has 0 spiro atoms. The highest BCUT2D eigenvalue weighted by Crippen LogP contribution is 2.51. The second-order valence-electron chi connectivity index (χ2n) is 9.53. The van der Waals surface area contributed by atoms with Crippen LogP contribution in [0.5, 0.6) is 0 Å². The van der Waals surface area contributed by atoms with E-state index in [0.29, 0.717) is 24.2 Å². The van der Waals surface area contributed by atoms with Gasteiger partial charge < -0.3 is 15.5 Å². The molecule has 0 radical (unpaired) electrons. The number of benzene rings is 2. The third-order valence-electron chi connectivity index (χ3n) is 6.45. The van der Waals surface area contributed by atoms with Crippen molar-refractivity contribution in [2.75, 3.05) is 0 Å². The summed E-state index contributed by atoms with van der Waals surface area (Å²) in [5.41, 5.74) is 11.8. The van der Waals surface area contributed by atoms with Gasteiger partial charge in [0.05, 0.1) is 11.6 Å². The molecule has 5 heteroatoms. The number of para-hydroxylation sites is 1. The molecule has 1 atom stereocenters. The molecule has 2 heterocycles. The number of carbonyl (C=O) groups is 1. The van der Waals surface area contributed by atoms with Gasteiger partial charge in [0.15, 0.2) is 5.78 Å². The first-order chi connectivity index (χ1) is 15.3. The summed E-state index contributed by atoms with van der Waals surface area (Å²) in [7, 11) is 0.